The topological polar surface area (TPSA) is 226 Å². The second-order valence-electron chi connectivity index (χ2n) is 8.77. The third-order valence-corrected chi connectivity index (χ3v) is 8.82. The molecule has 34 heavy (non-hydrogen) atoms. The number of aromatic nitrogens is 4. The number of aliphatic hydroxyl groups excluding tert-OH is 2. The van der Waals surface area contributed by atoms with Gasteiger partial charge in [-0.15, -0.1) is 0 Å². The van der Waals surface area contributed by atoms with Crippen molar-refractivity contribution >= 4 is 24.7 Å². The summed E-state index contributed by atoms with van der Waals surface area (Å²) in [6.07, 6.45) is -5.38. The van der Waals surface area contributed by atoms with Crippen molar-refractivity contribution < 1.29 is 34.0 Å². The highest BCUT2D eigenvalue weighted by atomic mass is 31.2. The summed E-state index contributed by atoms with van der Waals surface area (Å²) in [7, 11) is -4.52. The maximum absolute atomic E-state index is 12.9. The van der Waals surface area contributed by atoms with Crippen LogP contribution in [0.25, 0.3) is 11.2 Å². The first-order chi connectivity index (χ1) is 15.7. The lowest BCUT2D eigenvalue weighted by Gasteiger charge is -2.39. The van der Waals surface area contributed by atoms with E-state index in [0.29, 0.717) is 0 Å². The summed E-state index contributed by atoms with van der Waals surface area (Å²) in [6, 6.07) is 0. The van der Waals surface area contributed by atoms with E-state index in [0.717, 1.165) is 4.57 Å². The second kappa shape index (κ2) is 9.19. The highest BCUT2D eigenvalue weighted by molar-refractivity contribution is 7.54. The molecule has 0 aromatic carbocycles. The fourth-order valence-corrected chi connectivity index (χ4v) is 5.46. The quantitative estimate of drug-likeness (QED) is 0.222. The smallest absolute Gasteiger partial charge is 0.359 e. The summed E-state index contributed by atoms with van der Waals surface area (Å²) in [5.74, 6) is -0.263. The van der Waals surface area contributed by atoms with Crippen molar-refractivity contribution in [1.29, 1.82) is 0 Å². The monoisotopic (exact) mass is 505 g/mol. The Hall–Kier alpha value is -2.06. The Morgan fingerprint density at radius 1 is 1.18 bits per heavy atom. The first kappa shape index (κ1) is 26.5. The molecule has 0 spiro atoms. The number of nitrogens with zero attached hydrogens (tertiary/aromatic N) is 2. The minimum Gasteiger partial charge on any atom is -0.388 e. The Morgan fingerprint density at radius 2 is 1.79 bits per heavy atom. The van der Waals surface area contributed by atoms with Crippen LogP contribution < -0.4 is 17.0 Å². The lowest BCUT2D eigenvalue weighted by atomic mass is 9.88. The van der Waals surface area contributed by atoms with Gasteiger partial charge in [0.15, 0.2) is 22.7 Å². The lowest BCUT2D eigenvalue weighted by molar-refractivity contribution is -0.0760. The van der Waals surface area contributed by atoms with Crippen molar-refractivity contribution in [2.24, 2.45) is 0 Å². The average Bonchev–Trinajstić information content (AvgIpc) is 3.23. The number of nitrogens with two attached hydrogens (primary N) is 1. The number of hydrogen-bond acceptors (Lipinski definition) is 10. The first-order valence-electron chi connectivity index (χ1n) is 11.0. The molecule has 2 aromatic rings. The minimum absolute atomic E-state index is 0.0353. The number of imidazole rings is 1. The molecule has 3 unspecified atom stereocenters. The number of nitrogen functional groups attached to an aromatic ring is 1. The van der Waals surface area contributed by atoms with Crippen LogP contribution in [0, 0.1) is 0 Å². The first-order valence-corrected chi connectivity index (χ1v) is 12.6. The molecular weight excluding hydrogens is 473 g/mol. The number of H-pyrrole nitrogens is 2. The van der Waals surface area contributed by atoms with Gasteiger partial charge in [-0.25, -0.2) is 9.36 Å². The SMILES string of the molecule is CCC(CC)(CC1O[C@@H](n2c(=O)[nH]c3c(=O)[nH]c(N)nc32)[C@H](O)[C@@H]1O)OP(=O)(O)C(C)(O)CC. The van der Waals surface area contributed by atoms with E-state index in [-0.39, 0.29) is 42.8 Å². The van der Waals surface area contributed by atoms with Gasteiger partial charge in [0.2, 0.25) is 5.95 Å². The predicted octanol–water partition coefficient (Wildman–Crippen LogP) is -0.116. The van der Waals surface area contributed by atoms with E-state index in [1.54, 1.807) is 20.8 Å². The van der Waals surface area contributed by atoms with Gasteiger partial charge in [0.1, 0.15) is 12.2 Å². The number of aliphatic hydroxyl groups is 3. The van der Waals surface area contributed by atoms with Crippen LogP contribution in [0.4, 0.5) is 5.95 Å². The summed E-state index contributed by atoms with van der Waals surface area (Å²) in [6.45, 7) is 6.17. The van der Waals surface area contributed by atoms with E-state index >= 15 is 0 Å². The zero-order valence-electron chi connectivity index (χ0n) is 19.4. The van der Waals surface area contributed by atoms with Gasteiger partial charge in [-0.1, -0.05) is 20.8 Å². The third kappa shape index (κ3) is 4.47. The Morgan fingerprint density at radius 3 is 2.35 bits per heavy atom. The molecule has 1 saturated heterocycles. The molecule has 0 saturated carbocycles. The minimum atomic E-state index is -4.52. The van der Waals surface area contributed by atoms with Crippen LogP contribution in [0.1, 0.15) is 59.6 Å². The summed E-state index contributed by atoms with van der Waals surface area (Å²) in [4.78, 5) is 43.6. The molecule has 3 rings (SSSR count). The van der Waals surface area contributed by atoms with E-state index in [4.69, 9.17) is 15.0 Å². The van der Waals surface area contributed by atoms with Crippen molar-refractivity contribution in [3.8, 4) is 0 Å². The number of fused-ring (bicyclic) bond motifs is 1. The van der Waals surface area contributed by atoms with Crippen LogP contribution in [0.15, 0.2) is 9.59 Å². The van der Waals surface area contributed by atoms with Crippen LogP contribution in [-0.4, -0.2) is 69.0 Å². The van der Waals surface area contributed by atoms with Crippen LogP contribution >= 0.6 is 7.60 Å². The molecule has 6 atom stereocenters. The lowest BCUT2D eigenvalue weighted by Crippen LogP contribution is -2.41. The largest absolute Gasteiger partial charge is 0.388 e. The maximum atomic E-state index is 12.9. The van der Waals surface area contributed by atoms with E-state index in [1.807, 2.05) is 0 Å². The molecule has 0 bridgehead atoms. The van der Waals surface area contributed by atoms with Crippen LogP contribution in [0.3, 0.4) is 0 Å². The normalized spacial score (nSPS) is 27.1. The maximum Gasteiger partial charge on any atom is 0.359 e. The number of ether oxygens (including phenoxy) is 1. The van der Waals surface area contributed by atoms with E-state index in [9.17, 15) is 34.4 Å². The number of hydrogen-bond donors (Lipinski definition) is 7. The number of nitrogens with one attached hydrogen (secondary N) is 2. The van der Waals surface area contributed by atoms with Gasteiger partial charge in [-0.3, -0.25) is 23.9 Å². The highest BCUT2D eigenvalue weighted by Gasteiger charge is 2.52. The zero-order valence-corrected chi connectivity index (χ0v) is 20.3. The van der Waals surface area contributed by atoms with Gasteiger partial charge in [0.05, 0.1) is 11.7 Å². The van der Waals surface area contributed by atoms with Crippen LogP contribution in [0.2, 0.25) is 0 Å². The van der Waals surface area contributed by atoms with Crippen LogP contribution in [0.5, 0.6) is 0 Å². The molecule has 14 nitrogen and oxygen atoms in total. The number of rotatable bonds is 9. The molecule has 0 radical (unpaired) electrons. The molecule has 1 fully saturated rings. The molecule has 2 aromatic heterocycles. The summed E-state index contributed by atoms with van der Waals surface area (Å²) in [5.41, 5.74) is 2.41. The van der Waals surface area contributed by atoms with Crippen molar-refractivity contribution in [3.05, 3.63) is 20.8 Å². The Balaban J connectivity index is 1.95. The predicted molar refractivity (Wildman–Crippen MR) is 121 cm³/mol. The van der Waals surface area contributed by atoms with E-state index in [1.165, 1.54) is 6.92 Å². The molecule has 8 N–H and O–H groups in total. The summed E-state index contributed by atoms with van der Waals surface area (Å²) >= 11 is 0. The third-order valence-electron chi connectivity index (χ3n) is 6.65. The Labute approximate surface area is 194 Å². The number of aromatic amines is 2. The fraction of sp³-hybridized carbons (Fsp3) is 0.737. The summed E-state index contributed by atoms with van der Waals surface area (Å²) in [5, 5.41) is 29.8. The van der Waals surface area contributed by atoms with Gasteiger partial charge < -0.3 is 30.7 Å². The average molecular weight is 505 g/mol. The Kier molecular flexibility index (Phi) is 7.17. The van der Waals surface area contributed by atoms with Crippen LogP contribution in [-0.2, 0) is 13.8 Å². The van der Waals surface area contributed by atoms with Crippen molar-refractivity contribution in [3.63, 3.8) is 0 Å². The molecule has 3 heterocycles. The van der Waals surface area contributed by atoms with Gasteiger partial charge >= 0.3 is 13.3 Å². The zero-order chi connectivity index (χ0) is 25.6. The molecule has 1 aliphatic heterocycles. The number of anilines is 1. The van der Waals surface area contributed by atoms with Gasteiger partial charge in [0, 0.05) is 6.42 Å². The Bertz CT molecular complexity index is 1200. The molecule has 0 aliphatic carbocycles. The van der Waals surface area contributed by atoms with Gasteiger partial charge in [-0.2, -0.15) is 4.98 Å². The highest BCUT2D eigenvalue weighted by Crippen LogP contribution is 2.59. The van der Waals surface area contributed by atoms with E-state index in [2.05, 4.69) is 15.0 Å². The van der Waals surface area contributed by atoms with Crippen molar-refractivity contribution in [1.82, 2.24) is 19.5 Å². The van der Waals surface area contributed by atoms with Crippen molar-refractivity contribution in [2.45, 2.75) is 88.9 Å². The van der Waals surface area contributed by atoms with E-state index < -0.39 is 54.3 Å². The fourth-order valence-electron chi connectivity index (χ4n) is 4.01. The second-order valence-corrected chi connectivity index (χ2v) is 11.0. The molecule has 0 amide bonds. The van der Waals surface area contributed by atoms with Crippen molar-refractivity contribution in [2.75, 3.05) is 5.73 Å². The standard InChI is InChI=1S/C19H32N5O9P/c1-5-18(4,29)34(30,31)33-19(6-2,7-3)8-9-11(25)12(26)15(32-9)24-13-10(21-17(24)28)14(27)23-16(20)22-13/h9,11-12,15,25-26,29H,5-8H2,1-4H3,(H,21,28)(H,30,31)(H3,20,22,23,27)/t9?,11-,12-,15-,18?/m1/s1. The molecule has 15 heteroatoms. The molecular formula is C19H32N5O9P. The van der Waals surface area contributed by atoms with Gasteiger partial charge in [0.25, 0.3) is 5.56 Å². The van der Waals surface area contributed by atoms with Gasteiger partial charge in [-0.05, 0) is 26.2 Å². The molecule has 192 valence electrons. The molecule has 1 aliphatic rings. The summed E-state index contributed by atoms with van der Waals surface area (Å²) < 4.78 is 25.2.